The van der Waals surface area contributed by atoms with Crippen molar-refractivity contribution < 1.29 is 24.5 Å². The van der Waals surface area contributed by atoms with E-state index in [1.807, 2.05) is 54.7 Å². The van der Waals surface area contributed by atoms with Crippen LogP contribution in [0.2, 0.25) is 19.6 Å². The number of benzene rings is 5. The molecule has 3 nitrogen and oxygen atoms in total. The van der Waals surface area contributed by atoms with Crippen LogP contribution in [0.15, 0.2) is 150 Å². The molecule has 0 saturated heterocycles. The van der Waals surface area contributed by atoms with Gasteiger partial charge in [-0.1, -0.05) is 154 Å². The maximum Gasteiger partial charge on any atom is 0.123 e. The summed E-state index contributed by atoms with van der Waals surface area (Å²) in [5.41, 5.74) is 11.9. The normalized spacial score (nSPS) is 13.2. The average Bonchev–Trinajstić information content (AvgIpc) is 3.59. The van der Waals surface area contributed by atoms with E-state index in [1.165, 1.54) is 55.2 Å². The molecule has 1 fully saturated rings. The van der Waals surface area contributed by atoms with E-state index >= 15 is 0 Å². The molecule has 0 spiro atoms. The van der Waals surface area contributed by atoms with Gasteiger partial charge >= 0.3 is 0 Å². The van der Waals surface area contributed by atoms with Crippen molar-refractivity contribution >= 4 is 35.2 Å². The Hall–Kier alpha value is -4.93. The zero-order valence-electron chi connectivity index (χ0n) is 31.8. The minimum Gasteiger partial charge on any atom is -0.477 e. The van der Waals surface area contributed by atoms with Crippen LogP contribution in [-0.2, 0) is 26.5 Å². The SMILES string of the molecule is C[Si](C)(C)c1cnc(-c2[c-]cccc2)cc1CC1CCCCC1.[Ir].[c-]1c(-c2cc(-c3ccccc3)ccn2)ccc2c1oc1ccc(-c3ccccc3)cc12. The fraction of sp³-hybridized carbons (Fsp3) is 0.200. The first-order chi connectivity index (χ1) is 26.4. The van der Waals surface area contributed by atoms with E-state index in [0.717, 1.165) is 55.9 Å². The molecule has 1 aliphatic carbocycles. The molecule has 0 amide bonds. The third-order valence-electron chi connectivity index (χ3n) is 10.7. The van der Waals surface area contributed by atoms with Gasteiger partial charge in [0.1, 0.15) is 5.58 Å². The Labute approximate surface area is 340 Å². The largest absolute Gasteiger partial charge is 0.477 e. The number of aromatic nitrogens is 2. The summed E-state index contributed by atoms with van der Waals surface area (Å²) >= 11 is 0. The van der Waals surface area contributed by atoms with Crippen molar-refractivity contribution in [3.63, 3.8) is 0 Å². The monoisotopic (exact) mass is 911 g/mol. The van der Waals surface area contributed by atoms with Gasteiger partial charge in [0, 0.05) is 32.5 Å². The van der Waals surface area contributed by atoms with Crippen LogP contribution in [0.4, 0.5) is 0 Å². The van der Waals surface area contributed by atoms with Gasteiger partial charge in [-0.3, -0.25) is 0 Å². The van der Waals surface area contributed by atoms with Crippen LogP contribution in [0.25, 0.3) is 66.7 Å². The van der Waals surface area contributed by atoms with Gasteiger partial charge in [0.2, 0.25) is 0 Å². The van der Waals surface area contributed by atoms with E-state index in [4.69, 9.17) is 9.40 Å². The molecule has 5 heteroatoms. The fourth-order valence-electron chi connectivity index (χ4n) is 7.80. The van der Waals surface area contributed by atoms with Crippen LogP contribution in [0.1, 0.15) is 37.7 Å². The van der Waals surface area contributed by atoms with Crippen LogP contribution < -0.4 is 5.19 Å². The number of fused-ring (bicyclic) bond motifs is 3. The number of rotatable bonds is 7. The standard InChI is InChI=1S/C29H18NO.C21H28NSi.Ir/c1-3-7-20(8-4-1)22-12-14-28-26(17-22)25-13-11-24(19-29(25)31-28)27-18-23(15-16-30-27)21-9-5-2-6-10-21;1-23(2,3)21-16-22-20(18-12-8-5-9-13-18)15-19(21)14-17-10-6-4-7-11-17;/h1-18H;5,8-9,12,15-17H,4,6-7,10-11,14H2,1-3H3;/q2*-1;. The molecule has 0 aliphatic heterocycles. The Morgan fingerprint density at radius 3 is 2.02 bits per heavy atom. The maximum absolute atomic E-state index is 6.14. The van der Waals surface area contributed by atoms with Gasteiger partial charge in [0.05, 0.1) is 13.7 Å². The molecule has 5 aromatic carbocycles. The molecular weight excluding hydrogens is 865 g/mol. The van der Waals surface area contributed by atoms with Crippen molar-refractivity contribution in [1.29, 1.82) is 0 Å². The molecule has 9 rings (SSSR count). The molecule has 0 atom stereocenters. The molecular formula is C50H46IrN2OSi-2. The van der Waals surface area contributed by atoms with Crippen LogP contribution in [0.5, 0.6) is 0 Å². The van der Waals surface area contributed by atoms with Gasteiger partial charge in [-0.2, -0.15) is 0 Å². The molecule has 55 heavy (non-hydrogen) atoms. The molecule has 1 aliphatic rings. The van der Waals surface area contributed by atoms with E-state index < -0.39 is 8.07 Å². The summed E-state index contributed by atoms with van der Waals surface area (Å²) in [6.07, 6.45) is 12.3. The van der Waals surface area contributed by atoms with Crippen LogP contribution in [0, 0.1) is 18.1 Å². The summed E-state index contributed by atoms with van der Waals surface area (Å²) in [6.45, 7) is 7.30. The number of nitrogens with zero attached hydrogens (tertiary/aromatic N) is 2. The van der Waals surface area contributed by atoms with Crippen molar-refractivity contribution in [3.05, 3.63) is 164 Å². The van der Waals surface area contributed by atoms with E-state index in [0.29, 0.717) is 0 Å². The molecule has 1 saturated carbocycles. The van der Waals surface area contributed by atoms with Gasteiger partial charge in [-0.25, -0.2) is 0 Å². The summed E-state index contributed by atoms with van der Waals surface area (Å²) in [6, 6.07) is 52.7. The van der Waals surface area contributed by atoms with Crippen molar-refractivity contribution in [2.24, 2.45) is 5.92 Å². The number of hydrogen-bond acceptors (Lipinski definition) is 3. The molecule has 3 heterocycles. The molecule has 3 aromatic heterocycles. The summed E-state index contributed by atoms with van der Waals surface area (Å²) in [5, 5.41) is 3.71. The minimum absolute atomic E-state index is 0. The first kappa shape index (κ1) is 38.3. The zero-order chi connectivity index (χ0) is 36.9. The molecule has 1 radical (unpaired) electrons. The molecule has 0 N–H and O–H groups in total. The summed E-state index contributed by atoms with van der Waals surface area (Å²) in [4.78, 5) is 9.35. The van der Waals surface area contributed by atoms with Crippen molar-refractivity contribution in [2.45, 2.75) is 58.2 Å². The van der Waals surface area contributed by atoms with Gasteiger partial charge in [-0.05, 0) is 68.7 Å². The Balaban J connectivity index is 0.000000174. The molecule has 0 unspecified atom stereocenters. The quantitative estimate of drug-likeness (QED) is 0.118. The van der Waals surface area contributed by atoms with Crippen molar-refractivity contribution in [1.82, 2.24) is 9.97 Å². The first-order valence-corrected chi connectivity index (χ1v) is 22.8. The molecule has 277 valence electrons. The second kappa shape index (κ2) is 17.2. The van der Waals surface area contributed by atoms with E-state index in [1.54, 1.807) is 10.8 Å². The summed E-state index contributed by atoms with van der Waals surface area (Å²) < 4.78 is 6.14. The number of hydrogen-bond donors (Lipinski definition) is 0. The Bertz CT molecular complexity index is 2480. The summed E-state index contributed by atoms with van der Waals surface area (Å²) in [7, 11) is -1.36. The second-order valence-corrected chi connectivity index (χ2v) is 20.6. The fourth-order valence-corrected chi connectivity index (χ4v) is 9.39. The maximum atomic E-state index is 6.14. The average molecular weight is 911 g/mol. The second-order valence-electron chi connectivity index (χ2n) is 15.6. The predicted molar refractivity (Wildman–Crippen MR) is 228 cm³/mol. The third kappa shape index (κ3) is 8.97. The van der Waals surface area contributed by atoms with Gasteiger partial charge in [-0.15, -0.1) is 53.6 Å². The van der Waals surface area contributed by atoms with E-state index in [-0.39, 0.29) is 20.1 Å². The first-order valence-electron chi connectivity index (χ1n) is 19.3. The van der Waals surface area contributed by atoms with Crippen molar-refractivity contribution in [3.8, 4) is 44.8 Å². The van der Waals surface area contributed by atoms with E-state index in [2.05, 4.69) is 128 Å². The Morgan fingerprint density at radius 2 is 1.33 bits per heavy atom. The van der Waals surface area contributed by atoms with Gasteiger partial charge in [0.25, 0.3) is 0 Å². The minimum atomic E-state index is -1.36. The predicted octanol–water partition coefficient (Wildman–Crippen LogP) is 13.0. The van der Waals surface area contributed by atoms with Crippen LogP contribution >= 0.6 is 0 Å². The van der Waals surface area contributed by atoms with Crippen LogP contribution in [-0.4, -0.2) is 18.0 Å². The molecule has 0 bridgehead atoms. The topological polar surface area (TPSA) is 38.9 Å². The van der Waals surface area contributed by atoms with Crippen LogP contribution in [0.3, 0.4) is 0 Å². The number of furan rings is 1. The smallest absolute Gasteiger partial charge is 0.123 e. The van der Waals surface area contributed by atoms with E-state index in [9.17, 15) is 0 Å². The molecule has 8 aromatic rings. The Kier molecular flexibility index (Phi) is 12.0. The van der Waals surface area contributed by atoms with Gasteiger partial charge < -0.3 is 14.4 Å². The summed E-state index contributed by atoms with van der Waals surface area (Å²) in [5.74, 6) is 0.869. The zero-order valence-corrected chi connectivity index (χ0v) is 35.2. The van der Waals surface area contributed by atoms with Crippen molar-refractivity contribution in [2.75, 3.05) is 0 Å². The number of pyridine rings is 2. The van der Waals surface area contributed by atoms with Gasteiger partial charge in [0.15, 0.2) is 0 Å². The Morgan fingerprint density at radius 1 is 0.636 bits per heavy atom. The third-order valence-corrected chi connectivity index (χ3v) is 12.7.